The molecule has 0 aromatic rings. The van der Waals surface area contributed by atoms with E-state index in [1.165, 1.54) is 32.4 Å². The predicted molar refractivity (Wildman–Crippen MR) is 78.5 cm³/mol. The van der Waals surface area contributed by atoms with Gasteiger partial charge in [-0.2, -0.15) is 0 Å². The molecule has 2 nitrogen and oxygen atoms in total. The second kappa shape index (κ2) is 9.90. The molecule has 1 N–H and O–H groups in total. The van der Waals surface area contributed by atoms with Gasteiger partial charge in [0.05, 0.1) is 0 Å². The summed E-state index contributed by atoms with van der Waals surface area (Å²) in [6, 6.07) is 1.41. The van der Waals surface area contributed by atoms with Gasteiger partial charge in [0, 0.05) is 18.6 Å². The maximum Gasteiger partial charge on any atom is 0.00901 e. The molecule has 0 radical (unpaired) electrons. The third kappa shape index (κ3) is 7.77. The molecule has 0 aliphatic carbocycles. The minimum absolute atomic E-state index is 0.643. The molecule has 0 aromatic heterocycles. The fraction of sp³-hybridized carbons (Fsp3) is 1.00. The summed E-state index contributed by atoms with van der Waals surface area (Å²) in [5.74, 6) is 0.769. The van der Waals surface area contributed by atoms with Crippen molar-refractivity contribution in [1.29, 1.82) is 0 Å². The summed E-state index contributed by atoms with van der Waals surface area (Å²) in [5, 5.41) is 3.50. The fourth-order valence-electron chi connectivity index (χ4n) is 2.51. The van der Waals surface area contributed by atoms with Crippen LogP contribution in [0.25, 0.3) is 0 Å². The Labute approximate surface area is 109 Å². The van der Waals surface area contributed by atoms with Crippen LogP contribution < -0.4 is 5.32 Å². The molecule has 0 amide bonds. The maximum absolute atomic E-state index is 3.50. The van der Waals surface area contributed by atoms with Crippen LogP contribution in [-0.2, 0) is 0 Å². The van der Waals surface area contributed by atoms with Crippen LogP contribution in [0.3, 0.4) is 0 Å². The van der Waals surface area contributed by atoms with Crippen molar-refractivity contribution < 1.29 is 0 Å². The summed E-state index contributed by atoms with van der Waals surface area (Å²) >= 11 is 0. The van der Waals surface area contributed by atoms with Crippen molar-refractivity contribution in [3.05, 3.63) is 0 Å². The van der Waals surface area contributed by atoms with Gasteiger partial charge in [0.15, 0.2) is 0 Å². The van der Waals surface area contributed by atoms with Gasteiger partial charge < -0.3 is 10.2 Å². The molecule has 0 rings (SSSR count). The Kier molecular flexibility index (Phi) is 9.85. The van der Waals surface area contributed by atoms with Crippen LogP contribution >= 0.6 is 0 Å². The zero-order chi connectivity index (χ0) is 13.3. The number of nitrogens with one attached hydrogen (secondary N) is 1. The molecule has 0 bridgehead atoms. The average Bonchev–Trinajstić information content (AvgIpc) is 2.27. The van der Waals surface area contributed by atoms with E-state index < -0.39 is 0 Å². The van der Waals surface area contributed by atoms with E-state index in [9.17, 15) is 0 Å². The standard InChI is InChI=1S/C15H34N2/c1-7-15(8-2)17(12-13(4)5)11-10-14(6)16-9-3/h13-16H,7-12H2,1-6H3. The number of hydrogen-bond donors (Lipinski definition) is 1. The molecule has 0 fully saturated rings. The molecule has 0 saturated heterocycles. The lowest BCUT2D eigenvalue weighted by molar-refractivity contribution is 0.159. The average molecular weight is 242 g/mol. The molecule has 104 valence electrons. The van der Waals surface area contributed by atoms with Gasteiger partial charge in [-0.1, -0.05) is 34.6 Å². The zero-order valence-electron chi connectivity index (χ0n) is 12.9. The Morgan fingerprint density at radius 2 is 1.59 bits per heavy atom. The zero-order valence-corrected chi connectivity index (χ0v) is 12.9. The van der Waals surface area contributed by atoms with Crippen molar-refractivity contribution in [2.24, 2.45) is 5.92 Å². The summed E-state index contributed by atoms with van der Waals surface area (Å²) in [4.78, 5) is 2.69. The van der Waals surface area contributed by atoms with Crippen LogP contribution in [0.2, 0.25) is 0 Å². The summed E-state index contributed by atoms with van der Waals surface area (Å²) in [7, 11) is 0. The van der Waals surface area contributed by atoms with E-state index in [2.05, 4.69) is 51.8 Å². The largest absolute Gasteiger partial charge is 0.314 e. The Morgan fingerprint density at radius 3 is 2.00 bits per heavy atom. The molecular weight excluding hydrogens is 208 g/mol. The lowest BCUT2D eigenvalue weighted by atomic mass is 10.1. The first kappa shape index (κ1) is 16.9. The third-order valence-corrected chi connectivity index (χ3v) is 3.46. The fourth-order valence-corrected chi connectivity index (χ4v) is 2.51. The molecule has 0 aliphatic heterocycles. The van der Waals surface area contributed by atoms with E-state index in [4.69, 9.17) is 0 Å². The van der Waals surface area contributed by atoms with Crippen LogP contribution in [0.5, 0.6) is 0 Å². The smallest absolute Gasteiger partial charge is 0.00901 e. The van der Waals surface area contributed by atoms with E-state index >= 15 is 0 Å². The Balaban J connectivity index is 4.17. The van der Waals surface area contributed by atoms with Crippen molar-refractivity contribution >= 4 is 0 Å². The topological polar surface area (TPSA) is 15.3 Å². The molecule has 0 aliphatic rings. The summed E-state index contributed by atoms with van der Waals surface area (Å²) < 4.78 is 0. The summed E-state index contributed by atoms with van der Waals surface area (Å²) in [5.41, 5.74) is 0. The van der Waals surface area contributed by atoms with E-state index in [1.807, 2.05) is 0 Å². The minimum Gasteiger partial charge on any atom is -0.314 e. The molecule has 1 unspecified atom stereocenters. The second-order valence-electron chi connectivity index (χ2n) is 5.61. The molecule has 0 saturated carbocycles. The first-order chi connectivity index (χ1) is 8.04. The van der Waals surface area contributed by atoms with Gasteiger partial charge in [0.1, 0.15) is 0 Å². The van der Waals surface area contributed by atoms with Crippen molar-refractivity contribution in [1.82, 2.24) is 10.2 Å². The van der Waals surface area contributed by atoms with Crippen molar-refractivity contribution in [2.75, 3.05) is 19.6 Å². The van der Waals surface area contributed by atoms with Crippen LogP contribution in [-0.4, -0.2) is 36.6 Å². The molecule has 0 spiro atoms. The lowest BCUT2D eigenvalue weighted by Crippen LogP contribution is -2.40. The minimum atomic E-state index is 0.643. The first-order valence-corrected chi connectivity index (χ1v) is 7.52. The third-order valence-electron chi connectivity index (χ3n) is 3.46. The van der Waals surface area contributed by atoms with Gasteiger partial charge in [-0.25, -0.2) is 0 Å². The highest BCUT2D eigenvalue weighted by Gasteiger charge is 2.16. The quantitative estimate of drug-likeness (QED) is 0.630. The molecular formula is C15H34N2. The highest BCUT2D eigenvalue weighted by atomic mass is 15.2. The van der Waals surface area contributed by atoms with E-state index in [0.29, 0.717) is 6.04 Å². The van der Waals surface area contributed by atoms with Crippen LogP contribution in [0, 0.1) is 5.92 Å². The first-order valence-electron chi connectivity index (χ1n) is 7.52. The highest BCUT2D eigenvalue weighted by molar-refractivity contribution is 4.72. The van der Waals surface area contributed by atoms with Crippen molar-refractivity contribution in [2.45, 2.75) is 72.9 Å². The van der Waals surface area contributed by atoms with Gasteiger partial charge in [-0.05, 0) is 45.2 Å². The Hall–Kier alpha value is -0.0800. The number of nitrogens with zero attached hydrogens (tertiary/aromatic N) is 1. The van der Waals surface area contributed by atoms with Crippen LogP contribution in [0.15, 0.2) is 0 Å². The van der Waals surface area contributed by atoms with E-state index in [0.717, 1.165) is 18.5 Å². The molecule has 0 heterocycles. The van der Waals surface area contributed by atoms with E-state index in [-0.39, 0.29) is 0 Å². The van der Waals surface area contributed by atoms with Crippen molar-refractivity contribution in [3.8, 4) is 0 Å². The molecule has 17 heavy (non-hydrogen) atoms. The molecule has 0 aromatic carbocycles. The number of rotatable bonds is 10. The second-order valence-corrected chi connectivity index (χ2v) is 5.61. The van der Waals surface area contributed by atoms with Crippen LogP contribution in [0.1, 0.15) is 60.8 Å². The molecule has 2 heteroatoms. The van der Waals surface area contributed by atoms with Gasteiger partial charge >= 0.3 is 0 Å². The molecule has 1 atom stereocenters. The summed E-state index contributed by atoms with van der Waals surface area (Å²) in [6.45, 7) is 17.3. The Morgan fingerprint density at radius 1 is 1.00 bits per heavy atom. The normalized spacial score (nSPS) is 13.9. The van der Waals surface area contributed by atoms with E-state index in [1.54, 1.807) is 0 Å². The Bertz CT molecular complexity index is 164. The van der Waals surface area contributed by atoms with Gasteiger partial charge in [0.2, 0.25) is 0 Å². The van der Waals surface area contributed by atoms with Crippen molar-refractivity contribution in [3.63, 3.8) is 0 Å². The SMILES string of the molecule is CCNC(C)CCN(CC(C)C)C(CC)CC. The van der Waals surface area contributed by atoms with Crippen LogP contribution in [0.4, 0.5) is 0 Å². The predicted octanol–water partition coefficient (Wildman–Crippen LogP) is 3.52. The van der Waals surface area contributed by atoms with Gasteiger partial charge in [0.25, 0.3) is 0 Å². The maximum atomic E-state index is 3.50. The van der Waals surface area contributed by atoms with Gasteiger partial charge in [-0.15, -0.1) is 0 Å². The monoisotopic (exact) mass is 242 g/mol. The van der Waals surface area contributed by atoms with Gasteiger partial charge in [-0.3, -0.25) is 0 Å². The lowest BCUT2D eigenvalue weighted by Gasteiger charge is -2.32. The number of hydrogen-bond acceptors (Lipinski definition) is 2. The highest BCUT2D eigenvalue weighted by Crippen LogP contribution is 2.12. The summed E-state index contributed by atoms with van der Waals surface area (Å²) in [6.07, 6.45) is 3.81.